The fraction of sp³-hybridized carbons (Fsp3) is 0.143. The molecule has 7 heteroatoms. The first-order valence-corrected chi connectivity index (χ1v) is 5.91. The molecule has 1 aromatic heterocycles. The van der Waals surface area contributed by atoms with Gasteiger partial charge in [0, 0.05) is 36.1 Å². The molecule has 0 bridgehead atoms. The number of pyridine rings is 1. The largest absolute Gasteiger partial charge is 0.507 e. The third kappa shape index (κ3) is 2.96. The van der Waals surface area contributed by atoms with Crippen LogP contribution in [0, 0.1) is 0 Å². The van der Waals surface area contributed by atoms with Crippen LogP contribution < -0.4 is 5.32 Å². The summed E-state index contributed by atoms with van der Waals surface area (Å²) in [4.78, 5) is 15.2. The highest BCUT2D eigenvalue weighted by atomic mass is 19.4. The number of carbonyl (C=O) groups excluding carboxylic acids is 1. The van der Waals surface area contributed by atoms with Crippen molar-refractivity contribution < 1.29 is 23.1 Å². The Kier molecular flexibility index (Phi) is 3.84. The van der Waals surface area contributed by atoms with E-state index in [4.69, 9.17) is 0 Å². The molecule has 0 aliphatic rings. The van der Waals surface area contributed by atoms with Crippen LogP contribution in [-0.4, -0.2) is 23.0 Å². The highest BCUT2D eigenvalue weighted by molar-refractivity contribution is 5.96. The Labute approximate surface area is 118 Å². The lowest BCUT2D eigenvalue weighted by atomic mass is 9.96. The summed E-state index contributed by atoms with van der Waals surface area (Å²) >= 11 is 0. The van der Waals surface area contributed by atoms with E-state index in [1.807, 2.05) is 0 Å². The molecule has 2 aromatic rings. The molecule has 0 saturated heterocycles. The van der Waals surface area contributed by atoms with E-state index in [0.717, 1.165) is 6.07 Å². The fourth-order valence-corrected chi connectivity index (χ4v) is 1.94. The van der Waals surface area contributed by atoms with Crippen LogP contribution in [0.2, 0.25) is 0 Å². The van der Waals surface area contributed by atoms with Crippen LogP contribution in [0.1, 0.15) is 15.9 Å². The van der Waals surface area contributed by atoms with Gasteiger partial charge in [-0.25, -0.2) is 0 Å². The molecule has 0 aliphatic heterocycles. The van der Waals surface area contributed by atoms with Gasteiger partial charge < -0.3 is 10.4 Å². The molecule has 0 atom stereocenters. The number of phenols is 1. The van der Waals surface area contributed by atoms with Crippen LogP contribution in [0.3, 0.4) is 0 Å². The number of nitrogens with zero attached hydrogens (tertiary/aromatic N) is 1. The van der Waals surface area contributed by atoms with Gasteiger partial charge in [0.25, 0.3) is 5.91 Å². The lowest BCUT2D eigenvalue weighted by molar-refractivity contribution is -0.137. The minimum absolute atomic E-state index is 0.116. The summed E-state index contributed by atoms with van der Waals surface area (Å²) in [6.45, 7) is 0. The Balaban J connectivity index is 2.73. The van der Waals surface area contributed by atoms with Crippen molar-refractivity contribution in [3.63, 3.8) is 0 Å². The zero-order valence-electron chi connectivity index (χ0n) is 10.9. The summed E-state index contributed by atoms with van der Waals surface area (Å²) < 4.78 is 39.6. The minimum Gasteiger partial charge on any atom is -0.507 e. The molecule has 1 aromatic carbocycles. The van der Waals surface area contributed by atoms with Crippen molar-refractivity contribution in [2.24, 2.45) is 0 Å². The number of benzene rings is 1. The number of aromatic nitrogens is 1. The second-order valence-corrected chi connectivity index (χ2v) is 4.24. The highest BCUT2D eigenvalue weighted by Crippen LogP contribution is 2.42. The number of halogens is 3. The molecule has 4 nitrogen and oxygen atoms in total. The van der Waals surface area contributed by atoms with E-state index in [1.54, 1.807) is 0 Å². The van der Waals surface area contributed by atoms with E-state index in [2.05, 4.69) is 10.3 Å². The third-order valence-corrected chi connectivity index (χ3v) is 2.86. The number of hydrogen-bond acceptors (Lipinski definition) is 3. The van der Waals surface area contributed by atoms with Gasteiger partial charge in [0.05, 0.1) is 5.56 Å². The van der Waals surface area contributed by atoms with E-state index < -0.39 is 29.0 Å². The number of alkyl halides is 3. The lowest BCUT2D eigenvalue weighted by Gasteiger charge is -2.16. The number of rotatable bonds is 2. The number of hydrogen-bond donors (Lipinski definition) is 2. The van der Waals surface area contributed by atoms with Gasteiger partial charge in [-0.2, -0.15) is 13.2 Å². The summed E-state index contributed by atoms with van der Waals surface area (Å²) in [7, 11) is 1.29. The van der Waals surface area contributed by atoms with Gasteiger partial charge in [-0.3, -0.25) is 9.78 Å². The van der Waals surface area contributed by atoms with Gasteiger partial charge in [0.1, 0.15) is 5.75 Å². The molecule has 0 unspecified atom stereocenters. The molecule has 1 heterocycles. The quantitative estimate of drug-likeness (QED) is 0.895. The Bertz CT molecular complexity index is 670. The molecular weight excluding hydrogens is 285 g/mol. The summed E-state index contributed by atoms with van der Waals surface area (Å²) in [6, 6.07) is 4.57. The Hall–Kier alpha value is -2.57. The maximum Gasteiger partial charge on any atom is 0.417 e. The van der Waals surface area contributed by atoms with Gasteiger partial charge in [-0.05, 0) is 18.2 Å². The van der Waals surface area contributed by atoms with Crippen LogP contribution in [0.4, 0.5) is 13.2 Å². The fourth-order valence-electron chi connectivity index (χ4n) is 1.94. The Morgan fingerprint density at radius 1 is 1.33 bits per heavy atom. The molecule has 2 rings (SSSR count). The predicted molar refractivity (Wildman–Crippen MR) is 69.7 cm³/mol. The van der Waals surface area contributed by atoms with Gasteiger partial charge in [0.2, 0.25) is 0 Å². The van der Waals surface area contributed by atoms with Crippen LogP contribution in [-0.2, 0) is 6.18 Å². The first-order chi connectivity index (χ1) is 9.84. The number of aromatic hydroxyl groups is 1. The number of phenolic OH excluding ortho intramolecular Hbond substituents is 1. The van der Waals surface area contributed by atoms with Crippen LogP contribution in [0.5, 0.6) is 5.75 Å². The van der Waals surface area contributed by atoms with Crippen molar-refractivity contribution in [3.8, 4) is 16.9 Å². The van der Waals surface area contributed by atoms with Crippen molar-refractivity contribution in [2.45, 2.75) is 6.18 Å². The monoisotopic (exact) mass is 296 g/mol. The van der Waals surface area contributed by atoms with Gasteiger partial charge in [0.15, 0.2) is 0 Å². The summed E-state index contributed by atoms with van der Waals surface area (Å²) in [5, 5.41) is 12.1. The average molecular weight is 296 g/mol. The SMILES string of the molecule is CNC(=O)c1cc(O)c(-c2cccnc2)c(C(F)(F)F)c1. The van der Waals surface area contributed by atoms with Crippen molar-refractivity contribution >= 4 is 5.91 Å². The molecule has 0 radical (unpaired) electrons. The van der Waals surface area contributed by atoms with Crippen LogP contribution >= 0.6 is 0 Å². The zero-order chi connectivity index (χ0) is 15.6. The average Bonchev–Trinajstić information content (AvgIpc) is 2.45. The van der Waals surface area contributed by atoms with Crippen molar-refractivity contribution in [1.82, 2.24) is 10.3 Å². The second kappa shape index (κ2) is 5.43. The van der Waals surface area contributed by atoms with Gasteiger partial charge >= 0.3 is 6.18 Å². The van der Waals surface area contributed by atoms with E-state index in [9.17, 15) is 23.1 Å². The summed E-state index contributed by atoms with van der Waals surface area (Å²) in [5.41, 5.74) is -1.64. The second-order valence-electron chi connectivity index (χ2n) is 4.24. The standard InChI is InChI=1S/C14H11F3N2O2/c1-18-13(21)9-5-10(14(15,16)17)12(11(20)6-9)8-3-2-4-19-7-8/h2-7,20H,1H3,(H,18,21). The minimum atomic E-state index is -4.72. The molecular formula is C14H11F3N2O2. The van der Waals surface area contributed by atoms with Gasteiger partial charge in [-0.1, -0.05) is 6.07 Å². The molecule has 0 spiro atoms. The zero-order valence-corrected chi connectivity index (χ0v) is 10.9. The van der Waals surface area contributed by atoms with Gasteiger partial charge in [-0.15, -0.1) is 0 Å². The van der Waals surface area contributed by atoms with Crippen LogP contribution in [0.15, 0.2) is 36.7 Å². The van der Waals surface area contributed by atoms with E-state index in [1.165, 1.54) is 31.6 Å². The maximum absolute atomic E-state index is 13.2. The smallest absolute Gasteiger partial charge is 0.417 e. The van der Waals surface area contributed by atoms with E-state index in [-0.39, 0.29) is 11.1 Å². The molecule has 110 valence electrons. The maximum atomic E-state index is 13.2. The summed E-state index contributed by atoms with van der Waals surface area (Å²) in [6.07, 6.45) is -2.09. The number of carbonyl (C=O) groups is 1. The molecule has 2 N–H and O–H groups in total. The van der Waals surface area contributed by atoms with E-state index >= 15 is 0 Å². The molecule has 21 heavy (non-hydrogen) atoms. The highest BCUT2D eigenvalue weighted by Gasteiger charge is 2.36. The number of amides is 1. The molecule has 0 aliphatic carbocycles. The predicted octanol–water partition coefficient (Wildman–Crippen LogP) is 2.83. The molecule has 0 saturated carbocycles. The topological polar surface area (TPSA) is 62.2 Å². The number of nitrogens with one attached hydrogen (secondary N) is 1. The molecule has 1 amide bonds. The Morgan fingerprint density at radius 2 is 2.05 bits per heavy atom. The normalized spacial score (nSPS) is 11.2. The van der Waals surface area contributed by atoms with Crippen LogP contribution in [0.25, 0.3) is 11.1 Å². The van der Waals surface area contributed by atoms with Crippen molar-refractivity contribution in [1.29, 1.82) is 0 Å². The summed E-state index contributed by atoms with van der Waals surface area (Å²) in [5.74, 6) is -1.34. The first kappa shape index (κ1) is 14.8. The molecule has 0 fully saturated rings. The lowest BCUT2D eigenvalue weighted by Crippen LogP contribution is -2.19. The van der Waals surface area contributed by atoms with Crippen molar-refractivity contribution in [2.75, 3.05) is 7.05 Å². The Morgan fingerprint density at radius 3 is 2.57 bits per heavy atom. The van der Waals surface area contributed by atoms with Crippen molar-refractivity contribution in [3.05, 3.63) is 47.8 Å². The van der Waals surface area contributed by atoms with E-state index in [0.29, 0.717) is 6.07 Å². The first-order valence-electron chi connectivity index (χ1n) is 5.91. The third-order valence-electron chi connectivity index (χ3n) is 2.86.